The summed E-state index contributed by atoms with van der Waals surface area (Å²) in [5, 5.41) is 2.74. The summed E-state index contributed by atoms with van der Waals surface area (Å²) in [6, 6.07) is 12.9. The predicted molar refractivity (Wildman–Crippen MR) is 107 cm³/mol. The lowest BCUT2D eigenvalue weighted by atomic mass is 10.1. The van der Waals surface area contributed by atoms with Crippen LogP contribution >= 0.6 is 0 Å². The number of ether oxygens (including phenoxy) is 2. The molecule has 2 aromatic carbocycles. The van der Waals surface area contributed by atoms with Crippen LogP contribution in [0.5, 0.6) is 11.5 Å². The van der Waals surface area contributed by atoms with E-state index in [1.54, 1.807) is 12.1 Å². The number of carbonyl (C=O) groups excluding carboxylic acids is 1. The molecule has 1 N–H and O–H groups in total. The summed E-state index contributed by atoms with van der Waals surface area (Å²) in [6.07, 6.45) is 0.193. The van der Waals surface area contributed by atoms with Crippen molar-refractivity contribution >= 4 is 21.6 Å². The second-order valence-electron chi connectivity index (χ2n) is 6.83. The Bertz CT molecular complexity index is 974. The van der Waals surface area contributed by atoms with Crippen molar-refractivity contribution in [2.24, 2.45) is 0 Å². The number of nitrogens with one attached hydrogen (secondary N) is 1. The van der Waals surface area contributed by atoms with Crippen LogP contribution in [0.15, 0.2) is 42.5 Å². The number of aryl methyl sites for hydroxylation is 2. The molecule has 1 aliphatic heterocycles. The highest BCUT2D eigenvalue weighted by Crippen LogP contribution is 2.35. The van der Waals surface area contributed by atoms with Gasteiger partial charge in [-0.25, -0.2) is 8.42 Å². The molecule has 0 aromatic heterocycles. The number of benzene rings is 2. The van der Waals surface area contributed by atoms with Crippen LogP contribution in [0.1, 0.15) is 11.1 Å². The Morgan fingerprint density at radius 2 is 1.96 bits per heavy atom. The Kier molecular flexibility index (Phi) is 5.79. The lowest BCUT2D eigenvalue weighted by Gasteiger charge is -2.34. The topological polar surface area (TPSA) is 84.9 Å². The minimum atomic E-state index is -3.54. The number of rotatable bonds is 6. The van der Waals surface area contributed by atoms with Crippen LogP contribution in [0, 0.1) is 13.8 Å². The summed E-state index contributed by atoms with van der Waals surface area (Å²) in [4.78, 5) is 12.5. The molecule has 150 valence electrons. The molecule has 0 fully saturated rings. The minimum absolute atomic E-state index is 0.0696. The van der Waals surface area contributed by atoms with E-state index >= 15 is 0 Å². The Labute approximate surface area is 165 Å². The molecule has 3 rings (SSSR count). The summed E-state index contributed by atoms with van der Waals surface area (Å²) in [6.45, 7) is 4.36. The molecule has 0 unspecified atom stereocenters. The first-order valence-corrected chi connectivity index (χ1v) is 10.8. The van der Waals surface area contributed by atoms with Crippen molar-refractivity contribution in [1.29, 1.82) is 0 Å². The van der Waals surface area contributed by atoms with E-state index in [0.29, 0.717) is 18.0 Å². The molecular formula is C20H24N2O5S. The number of fused-ring (bicyclic) bond motifs is 1. The van der Waals surface area contributed by atoms with Gasteiger partial charge in [0.25, 0.3) is 5.91 Å². The zero-order valence-electron chi connectivity index (χ0n) is 16.1. The molecule has 28 heavy (non-hydrogen) atoms. The number of sulfonamides is 1. The molecule has 8 heteroatoms. The second kappa shape index (κ2) is 8.10. The largest absolute Gasteiger partial charge is 0.492 e. The molecule has 7 nitrogen and oxygen atoms in total. The molecule has 0 saturated heterocycles. The van der Waals surface area contributed by atoms with E-state index in [9.17, 15) is 13.2 Å². The molecule has 2 aromatic rings. The molecular weight excluding hydrogens is 380 g/mol. The summed E-state index contributed by atoms with van der Waals surface area (Å²) >= 11 is 0. The van der Waals surface area contributed by atoms with E-state index in [0.717, 1.165) is 23.1 Å². The van der Waals surface area contributed by atoms with Gasteiger partial charge in [0.2, 0.25) is 10.0 Å². The maximum Gasteiger partial charge on any atom is 0.263 e. The van der Waals surface area contributed by atoms with Crippen molar-refractivity contribution in [2.75, 3.05) is 30.3 Å². The number of hydrogen-bond donors (Lipinski definition) is 1. The van der Waals surface area contributed by atoms with Gasteiger partial charge in [-0.15, -0.1) is 0 Å². The average molecular weight is 404 g/mol. The van der Waals surface area contributed by atoms with Crippen LogP contribution in [-0.4, -0.2) is 46.4 Å². The normalized spacial score (nSPS) is 16.1. The summed E-state index contributed by atoms with van der Waals surface area (Å²) < 4.78 is 37.0. The average Bonchev–Trinajstić information content (AvgIpc) is 2.63. The lowest BCUT2D eigenvalue weighted by molar-refractivity contribution is -0.127. The predicted octanol–water partition coefficient (Wildman–Crippen LogP) is 2.03. The van der Waals surface area contributed by atoms with Crippen molar-refractivity contribution in [1.82, 2.24) is 5.32 Å². The van der Waals surface area contributed by atoms with Gasteiger partial charge in [0.05, 0.1) is 25.0 Å². The Balaban J connectivity index is 1.62. The van der Waals surface area contributed by atoms with Crippen LogP contribution < -0.4 is 19.1 Å². The van der Waals surface area contributed by atoms with Crippen LogP contribution in [0.25, 0.3) is 0 Å². The van der Waals surface area contributed by atoms with Gasteiger partial charge in [-0.2, -0.15) is 0 Å². The van der Waals surface area contributed by atoms with E-state index < -0.39 is 16.1 Å². The molecule has 0 spiro atoms. The van der Waals surface area contributed by atoms with Gasteiger partial charge in [0, 0.05) is 0 Å². The fraction of sp³-hybridized carbons (Fsp3) is 0.350. The lowest BCUT2D eigenvalue weighted by Crippen LogP contribution is -2.51. The van der Waals surface area contributed by atoms with Gasteiger partial charge in [-0.1, -0.05) is 18.2 Å². The number of nitrogens with zero attached hydrogens (tertiary/aromatic N) is 1. The first kappa shape index (κ1) is 20.0. The zero-order chi connectivity index (χ0) is 20.3. The SMILES string of the molecule is Cc1cccc(OCCNC(=O)[C@@H]2CN(S(C)(=O)=O)c3cc(C)ccc3O2)c1. The van der Waals surface area contributed by atoms with Gasteiger partial charge in [0.15, 0.2) is 6.10 Å². The first-order valence-electron chi connectivity index (χ1n) is 8.96. The molecule has 0 aliphatic carbocycles. The number of hydrogen-bond acceptors (Lipinski definition) is 5. The zero-order valence-corrected chi connectivity index (χ0v) is 17.0. The quantitative estimate of drug-likeness (QED) is 0.745. The number of amides is 1. The van der Waals surface area contributed by atoms with Gasteiger partial charge in [0.1, 0.15) is 18.1 Å². The number of carbonyl (C=O) groups is 1. The van der Waals surface area contributed by atoms with E-state index in [2.05, 4.69) is 5.32 Å². The minimum Gasteiger partial charge on any atom is -0.492 e. The summed E-state index contributed by atoms with van der Waals surface area (Å²) in [5.41, 5.74) is 2.45. The van der Waals surface area contributed by atoms with E-state index in [1.165, 1.54) is 4.31 Å². The Morgan fingerprint density at radius 3 is 2.68 bits per heavy atom. The van der Waals surface area contributed by atoms with Crippen molar-refractivity contribution in [3.8, 4) is 11.5 Å². The summed E-state index contributed by atoms with van der Waals surface area (Å²) in [5.74, 6) is 0.724. The van der Waals surface area contributed by atoms with E-state index in [-0.39, 0.29) is 19.0 Å². The van der Waals surface area contributed by atoms with Crippen molar-refractivity contribution in [3.05, 3.63) is 53.6 Å². The highest BCUT2D eigenvalue weighted by Gasteiger charge is 2.34. The molecule has 1 amide bonds. The number of anilines is 1. The second-order valence-corrected chi connectivity index (χ2v) is 8.73. The molecule has 0 saturated carbocycles. The standard InChI is InChI=1S/C20H24N2O5S/c1-14-5-4-6-16(11-14)26-10-9-21-20(23)19-13-22(28(3,24)25)17-12-15(2)7-8-18(17)27-19/h4-8,11-12,19H,9-10,13H2,1-3H3,(H,21,23)/t19-/m0/s1. The molecule has 0 bridgehead atoms. The van der Waals surface area contributed by atoms with Crippen LogP contribution in [0.2, 0.25) is 0 Å². The van der Waals surface area contributed by atoms with Crippen LogP contribution in [0.4, 0.5) is 5.69 Å². The van der Waals surface area contributed by atoms with Crippen molar-refractivity contribution < 1.29 is 22.7 Å². The van der Waals surface area contributed by atoms with E-state index in [1.807, 2.05) is 44.2 Å². The summed E-state index contributed by atoms with van der Waals surface area (Å²) in [7, 11) is -3.54. The molecule has 1 aliphatic rings. The fourth-order valence-electron chi connectivity index (χ4n) is 2.97. The third-order valence-corrected chi connectivity index (χ3v) is 5.48. The monoisotopic (exact) mass is 404 g/mol. The maximum atomic E-state index is 12.5. The Hall–Kier alpha value is -2.74. The van der Waals surface area contributed by atoms with Gasteiger partial charge >= 0.3 is 0 Å². The van der Waals surface area contributed by atoms with Gasteiger partial charge < -0.3 is 14.8 Å². The van der Waals surface area contributed by atoms with Crippen molar-refractivity contribution in [2.45, 2.75) is 20.0 Å². The highest BCUT2D eigenvalue weighted by atomic mass is 32.2. The third kappa shape index (κ3) is 4.75. The maximum absolute atomic E-state index is 12.5. The first-order chi connectivity index (χ1) is 13.2. The molecule has 0 radical (unpaired) electrons. The highest BCUT2D eigenvalue weighted by molar-refractivity contribution is 7.92. The Morgan fingerprint density at radius 1 is 1.21 bits per heavy atom. The molecule has 1 heterocycles. The van der Waals surface area contributed by atoms with Crippen LogP contribution in [0.3, 0.4) is 0 Å². The van der Waals surface area contributed by atoms with Crippen LogP contribution in [-0.2, 0) is 14.8 Å². The van der Waals surface area contributed by atoms with E-state index in [4.69, 9.17) is 9.47 Å². The smallest absolute Gasteiger partial charge is 0.263 e. The van der Waals surface area contributed by atoms with Gasteiger partial charge in [-0.3, -0.25) is 9.10 Å². The third-order valence-electron chi connectivity index (χ3n) is 4.34. The van der Waals surface area contributed by atoms with Crippen molar-refractivity contribution in [3.63, 3.8) is 0 Å². The molecule has 1 atom stereocenters. The van der Waals surface area contributed by atoms with Gasteiger partial charge in [-0.05, 0) is 49.2 Å². The fourth-order valence-corrected chi connectivity index (χ4v) is 3.88.